The van der Waals surface area contributed by atoms with Gasteiger partial charge in [-0.15, -0.1) is 0 Å². The summed E-state index contributed by atoms with van der Waals surface area (Å²) in [4.78, 5) is 0. The molecule has 1 N–H and O–H groups in total. The van der Waals surface area contributed by atoms with Gasteiger partial charge in [0.1, 0.15) is 0 Å². The number of hydrogen-bond acceptors (Lipinski definition) is 1. The second-order valence-electron chi connectivity index (χ2n) is 5.49. The highest BCUT2D eigenvalue weighted by molar-refractivity contribution is 5.25. The summed E-state index contributed by atoms with van der Waals surface area (Å²) in [5, 5.41) is 3.43. The fraction of sp³-hybridized carbons (Fsp3) is 0.625. The molecule has 0 heterocycles. The van der Waals surface area contributed by atoms with E-state index < -0.39 is 0 Å². The first-order chi connectivity index (χ1) is 8.08. The lowest BCUT2D eigenvalue weighted by atomic mass is 9.91. The van der Waals surface area contributed by atoms with Crippen LogP contribution in [0.15, 0.2) is 24.3 Å². The van der Waals surface area contributed by atoms with E-state index in [0.29, 0.717) is 12.0 Å². The molecule has 0 aliphatic rings. The van der Waals surface area contributed by atoms with E-state index in [0.717, 1.165) is 5.92 Å². The third-order valence-electron chi connectivity index (χ3n) is 3.51. The molecule has 0 bridgehead atoms. The molecule has 17 heavy (non-hydrogen) atoms. The van der Waals surface area contributed by atoms with Crippen molar-refractivity contribution in [3.63, 3.8) is 0 Å². The molecule has 0 saturated carbocycles. The van der Waals surface area contributed by atoms with Gasteiger partial charge in [0.2, 0.25) is 0 Å². The van der Waals surface area contributed by atoms with Gasteiger partial charge in [0, 0.05) is 6.04 Å². The Hall–Kier alpha value is -0.820. The zero-order valence-corrected chi connectivity index (χ0v) is 12.0. The number of benzene rings is 1. The second kappa shape index (κ2) is 6.80. The van der Waals surface area contributed by atoms with Crippen molar-refractivity contribution in [3.05, 3.63) is 35.4 Å². The van der Waals surface area contributed by atoms with E-state index in [1.807, 2.05) is 0 Å². The molecule has 1 aromatic rings. The Bertz CT molecular complexity index is 313. The Balaban J connectivity index is 2.77. The Kier molecular flexibility index (Phi) is 5.70. The van der Waals surface area contributed by atoms with Crippen molar-refractivity contribution in [1.29, 1.82) is 0 Å². The summed E-state index contributed by atoms with van der Waals surface area (Å²) in [5.41, 5.74) is 2.86. The molecule has 2 atom stereocenters. The highest BCUT2D eigenvalue weighted by atomic mass is 14.9. The van der Waals surface area contributed by atoms with Crippen molar-refractivity contribution in [2.24, 2.45) is 11.8 Å². The van der Waals surface area contributed by atoms with Crippen LogP contribution in [0.25, 0.3) is 0 Å². The van der Waals surface area contributed by atoms with Crippen molar-refractivity contribution in [2.75, 3.05) is 7.05 Å². The maximum absolute atomic E-state index is 3.43. The van der Waals surface area contributed by atoms with Gasteiger partial charge in [-0.3, -0.25) is 0 Å². The van der Waals surface area contributed by atoms with E-state index in [9.17, 15) is 0 Å². The highest BCUT2D eigenvalue weighted by Crippen LogP contribution is 2.24. The summed E-state index contributed by atoms with van der Waals surface area (Å²) in [7, 11) is 2.05. The molecular weight excluding hydrogens is 206 g/mol. The molecule has 0 aromatic heterocycles. The van der Waals surface area contributed by atoms with Crippen LogP contribution in [0, 0.1) is 11.8 Å². The molecule has 0 aliphatic heterocycles. The Morgan fingerprint density at radius 1 is 1.06 bits per heavy atom. The fourth-order valence-corrected chi connectivity index (χ4v) is 2.35. The maximum atomic E-state index is 3.43. The molecule has 1 aromatic carbocycles. The zero-order chi connectivity index (χ0) is 12.8. The predicted octanol–water partition coefficient (Wildman–Crippen LogP) is 4.19. The minimum absolute atomic E-state index is 0.480. The molecule has 0 radical (unpaired) electrons. The van der Waals surface area contributed by atoms with Crippen LogP contribution >= 0.6 is 0 Å². The molecule has 0 fully saturated rings. The van der Waals surface area contributed by atoms with Crippen molar-refractivity contribution >= 4 is 0 Å². The first-order valence-corrected chi connectivity index (χ1v) is 6.84. The summed E-state index contributed by atoms with van der Waals surface area (Å²) in [6.07, 6.45) is 2.38. The summed E-state index contributed by atoms with van der Waals surface area (Å²) < 4.78 is 0. The van der Waals surface area contributed by atoms with E-state index >= 15 is 0 Å². The number of hydrogen-bond donors (Lipinski definition) is 1. The Labute approximate surface area is 107 Å². The lowest BCUT2D eigenvalue weighted by molar-refractivity contribution is 0.400. The standard InChI is InChI=1S/C16H27N/c1-6-13(4)16(17-5)15-9-7-14(8-10-15)11-12(2)3/h7-10,12-13,16-17H,6,11H2,1-5H3. The van der Waals surface area contributed by atoms with E-state index in [1.165, 1.54) is 24.0 Å². The SMILES string of the molecule is CCC(C)C(NC)c1ccc(CC(C)C)cc1. The van der Waals surface area contributed by atoms with Crippen LogP contribution in [0.1, 0.15) is 51.3 Å². The highest BCUT2D eigenvalue weighted by Gasteiger charge is 2.15. The van der Waals surface area contributed by atoms with Gasteiger partial charge >= 0.3 is 0 Å². The van der Waals surface area contributed by atoms with Crippen LogP contribution in [0.2, 0.25) is 0 Å². The van der Waals surface area contributed by atoms with Gasteiger partial charge in [-0.05, 0) is 36.4 Å². The predicted molar refractivity (Wildman–Crippen MR) is 76.2 cm³/mol. The van der Waals surface area contributed by atoms with E-state index in [4.69, 9.17) is 0 Å². The first-order valence-electron chi connectivity index (χ1n) is 6.84. The third-order valence-corrected chi connectivity index (χ3v) is 3.51. The minimum atomic E-state index is 0.480. The van der Waals surface area contributed by atoms with E-state index in [1.54, 1.807) is 0 Å². The molecule has 0 amide bonds. The van der Waals surface area contributed by atoms with E-state index in [-0.39, 0.29) is 0 Å². The van der Waals surface area contributed by atoms with Crippen LogP contribution in [-0.2, 0) is 6.42 Å². The van der Waals surface area contributed by atoms with Crippen molar-refractivity contribution in [2.45, 2.75) is 46.6 Å². The summed E-state index contributed by atoms with van der Waals surface area (Å²) >= 11 is 0. The van der Waals surface area contributed by atoms with Gasteiger partial charge in [0.15, 0.2) is 0 Å². The molecule has 96 valence electrons. The van der Waals surface area contributed by atoms with Gasteiger partial charge < -0.3 is 5.32 Å². The van der Waals surface area contributed by atoms with Gasteiger partial charge in [0.25, 0.3) is 0 Å². The van der Waals surface area contributed by atoms with Gasteiger partial charge in [-0.1, -0.05) is 58.4 Å². The maximum Gasteiger partial charge on any atom is 0.0343 e. The lowest BCUT2D eigenvalue weighted by Gasteiger charge is -2.23. The Morgan fingerprint density at radius 3 is 2.06 bits per heavy atom. The third kappa shape index (κ3) is 4.16. The summed E-state index contributed by atoms with van der Waals surface area (Å²) in [5.74, 6) is 1.41. The van der Waals surface area contributed by atoms with Gasteiger partial charge in [0.05, 0.1) is 0 Å². The van der Waals surface area contributed by atoms with Crippen molar-refractivity contribution in [1.82, 2.24) is 5.32 Å². The summed E-state index contributed by atoms with van der Waals surface area (Å²) in [6, 6.07) is 9.60. The van der Waals surface area contributed by atoms with Gasteiger partial charge in [-0.2, -0.15) is 0 Å². The quantitative estimate of drug-likeness (QED) is 0.777. The molecule has 0 spiro atoms. The van der Waals surface area contributed by atoms with Crippen molar-refractivity contribution in [3.8, 4) is 0 Å². The number of nitrogens with one attached hydrogen (secondary N) is 1. The molecule has 0 aliphatic carbocycles. The molecule has 1 heteroatoms. The van der Waals surface area contributed by atoms with Crippen LogP contribution in [0.4, 0.5) is 0 Å². The monoisotopic (exact) mass is 233 g/mol. The first kappa shape index (κ1) is 14.2. The zero-order valence-electron chi connectivity index (χ0n) is 12.0. The van der Waals surface area contributed by atoms with Crippen LogP contribution in [0.3, 0.4) is 0 Å². The molecular formula is C16H27N. The number of rotatable bonds is 6. The van der Waals surface area contributed by atoms with Crippen molar-refractivity contribution < 1.29 is 0 Å². The minimum Gasteiger partial charge on any atom is -0.313 e. The normalized spacial score (nSPS) is 14.9. The van der Waals surface area contributed by atoms with E-state index in [2.05, 4.69) is 64.3 Å². The van der Waals surface area contributed by atoms with Crippen LogP contribution in [-0.4, -0.2) is 7.05 Å². The fourth-order valence-electron chi connectivity index (χ4n) is 2.35. The average molecular weight is 233 g/mol. The van der Waals surface area contributed by atoms with Crippen LogP contribution in [0.5, 0.6) is 0 Å². The smallest absolute Gasteiger partial charge is 0.0343 e. The largest absolute Gasteiger partial charge is 0.313 e. The summed E-state index contributed by atoms with van der Waals surface area (Å²) in [6.45, 7) is 9.10. The van der Waals surface area contributed by atoms with Crippen LogP contribution < -0.4 is 5.32 Å². The Morgan fingerprint density at radius 2 is 1.65 bits per heavy atom. The second-order valence-corrected chi connectivity index (χ2v) is 5.49. The molecule has 1 rings (SSSR count). The molecule has 2 unspecified atom stereocenters. The lowest BCUT2D eigenvalue weighted by Crippen LogP contribution is -2.23. The molecule has 1 nitrogen and oxygen atoms in total. The topological polar surface area (TPSA) is 12.0 Å². The average Bonchev–Trinajstić information content (AvgIpc) is 2.31. The molecule has 0 saturated heterocycles. The van der Waals surface area contributed by atoms with Gasteiger partial charge in [-0.25, -0.2) is 0 Å².